The molecule has 1 unspecified atom stereocenters. The summed E-state index contributed by atoms with van der Waals surface area (Å²) >= 11 is 0. The molecule has 1 N–H and O–H groups in total. The molecule has 0 bridgehead atoms. The second-order valence-corrected chi connectivity index (χ2v) is 8.86. The van der Waals surface area contributed by atoms with Crippen molar-refractivity contribution < 1.29 is 19.1 Å². The summed E-state index contributed by atoms with van der Waals surface area (Å²) in [5.74, 6) is 0.841. The zero-order valence-corrected chi connectivity index (χ0v) is 19.2. The van der Waals surface area contributed by atoms with Crippen LogP contribution >= 0.6 is 0 Å². The molecule has 0 aromatic heterocycles. The molecule has 0 aliphatic carbocycles. The second kappa shape index (κ2) is 10.7. The van der Waals surface area contributed by atoms with Crippen molar-refractivity contribution in [2.75, 3.05) is 26.7 Å². The number of hydrogen-bond acceptors (Lipinski definition) is 4. The number of benzene rings is 2. The van der Waals surface area contributed by atoms with Crippen LogP contribution < -0.4 is 10.1 Å². The molecule has 174 valence electrons. The van der Waals surface area contributed by atoms with Gasteiger partial charge in [-0.3, -0.25) is 9.59 Å². The smallest absolute Gasteiger partial charge is 0.244 e. The first-order chi connectivity index (χ1) is 16.0. The Balaban J connectivity index is 1.19. The lowest BCUT2D eigenvalue weighted by molar-refractivity contribution is -0.137. The van der Waals surface area contributed by atoms with E-state index in [1.54, 1.807) is 19.3 Å². The Hall–Kier alpha value is -3.12. The molecule has 2 aromatic rings. The Kier molecular flexibility index (Phi) is 7.45. The Labute approximate surface area is 195 Å². The molecular weight excluding hydrogens is 416 g/mol. The number of hydrogen-bond donors (Lipinski definition) is 1. The fourth-order valence-electron chi connectivity index (χ4n) is 4.61. The van der Waals surface area contributed by atoms with E-state index in [0.717, 1.165) is 55.6 Å². The van der Waals surface area contributed by atoms with Crippen molar-refractivity contribution in [2.24, 2.45) is 0 Å². The Morgan fingerprint density at radius 3 is 2.52 bits per heavy atom. The number of nitrogens with one attached hydrogen (secondary N) is 1. The van der Waals surface area contributed by atoms with E-state index >= 15 is 0 Å². The lowest BCUT2D eigenvalue weighted by Crippen LogP contribution is -2.47. The van der Waals surface area contributed by atoms with Crippen molar-refractivity contribution in [3.05, 3.63) is 71.8 Å². The summed E-state index contributed by atoms with van der Waals surface area (Å²) < 4.78 is 11.5. The standard InChI is InChI=1S/C27H32N2O4/c1-32-23-10-7-21(8-11-23)9-12-25(30)28-20-24-13-14-27(33-24)15-17-29(18-16-27)26(31)19-22-5-3-2-4-6-22/h2-12,24H,13-20H2,1H3,(H,28,30)/b12-9+. The molecule has 1 spiro atoms. The number of nitrogens with zero attached hydrogens (tertiary/aromatic N) is 1. The largest absolute Gasteiger partial charge is 0.497 e. The highest BCUT2D eigenvalue weighted by molar-refractivity contribution is 5.91. The molecule has 2 aliphatic heterocycles. The molecule has 33 heavy (non-hydrogen) atoms. The molecular formula is C27H32N2O4. The summed E-state index contributed by atoms with van der Waals surface area (Å²) in [5.41, 5.74) is 1.84. The third-order valence-electron chi connectivity index (χ3n) is 6.61. The van der Waals surface area contributed by atoms with Crippen LogP contribution in [0, 0.1) is 0 Å². The number of likely N-dealkylation sites (tertiary alicyclic amines) is 1. The van der Waals surface area contributed by atoms with Crippen LogP contribution in [0.4, 0.5) is 0 Å². The van der Waals surface area contributed by atoms with Crippen LogP contribution in [-0.2, 0) is 20.7 Å². The first-order valence-corrected chi connectivity index (χ1v) is 11.6. The molecule has 2 fully saturated rings. The highest BCUT2D eigenvalue weighted by atomic mass is 16.5. The van der Waals surface area contributed by atoms with Gasteiger partial charge in [0, 0.05) is 25.7 Å². The SMILES string of the molecule is COc1ccc(/C=C/C(=O)NCC2CCC3(CCN(C(=O)Cc4ccccc4)CC3)O2)cc1. The number of ether oxygens (including phenoxy) is 2. The van der Waals surface area contributed by atoms with Gasteiger partial charge in [-0.25, -0.2) is 0 Å². The molecule has 2 aromatic carbocycles. The maximum absolute atomic E-state index is 12.6. The predicted molar refractivity (Wildman–Crippen MR) is 128 cm³/mol. The molecule has 4 rings (SSSR count). The van der Waals surface area contributed by atoms with E-state index in [1.807, 2.05) is 59.5 Å². The first-order valence-electron chi connectivity index (χ1n) is 11.6. The van der Waals surface area contributed by atoms with Gasteiger partial charge < -0.3 is 19.7 Å². The van der Waals surface area contributed by atoms with Crippen molar-refractivity contribution in [3.8, 4) is 5.75 Å². The molecule has 2 saturated heterocycles. The highest BCUT2D eigenvalue weighted by Gasteiger charge is 2.43. The van der Waals surface area contributed by atoms with Gasteiger partial charge in [0.1, 0.15) is 5.75 Å². The van der Waals surface area contributed by atoms with Gasteiger partial charge >= 0.3 is 0 Å². The molecule has 2 amide bonds. The van der Waals surface area contributed by atoms with Crippen molar-refractivity contribution in [2.45, 2.75) is 43.8 Å². The van der Waals surface area contributed by atoms with E-state index in [0.29, 0.717) is 13.0 Å². The fourth-order valence-corrected chi connectivity index (χ4v) is 4.61. The van der Waals surface area contributed by atoms with Crippen LogP contribution in [0.1, 0.15) is 36.8 Å². The van der Waals surface area contributed by atoms with Gasteiger partial charge in [0.25, 0.3) is 0 Å². The fraction of sp³-hybridized carbons (Fsp3) is 0.407. The van der Waals surface area contributed by atoms with Gasteiger partial charge in [0.15, 0.2) is 0 Å². The monoisotopic (exact) mass is 448 g/mol. The van der Waals surface area contributed by atoms with Crippen molar-refractivity contribution in [1.82, 2.24) is 10.2 Å². The van der Waals surface area contributed by atoms with Crippen molar-refractivity contribution in [1.29, 1.82) is 0 Å². The number of amides is 2. The number of methoxy groups -OCH3 is 1. The molecule has 2 aliphatic rings. The van der Waals surface area contributed by atoms with E-state index in [-0.39, 0.29) is 23.5 Å². The molecule has 1 atom stereocenters. The lowest BCUT2D eigenvalue weighted by Gasteiger charge is -2.39. The van der Waals surface area contributed by atoms with Gasteiger partial charge in [0.2, 0.25) is 11.8 Å². The third kappa shape index (κ3) is 6.23. The molecule has 0 radical (unpaired) electrons. The van der Waals surface area contributed by atoms with Crippen LogP contribution in [0.3, 0.4) is 0 Å². The topological polar surface area (TPSA) is 67.9 Å². The highest BCUT2D eigenvalue weighted by Crippen LogP contribution is 2.38. The van der Waals surface area contributed by atoms with Gasteiger partial charge in [-0.15, -0.1) is 0 Å². The number of carbonyl (C=O) groups excluding carboxylic acids is 2. The Morgan fingerprint density at radius 2 is 1.82 bits per heavy atom. The van der Waals surface area contributed by atoms with Gasteiger partial charge in [-0.1, -0.05) is 42.5 Å². The summed E-state index contributed by atoms with van der Waals surface area (Å²) in [6, 6.07) is 17.4. The molecule has 2 heterocycles. The van der Waals surface area contributed by atoms with Crippen LogP contribution in [0.25, 0.3) is 6.08 Å². The summed E-state index contributed by atoms with van der Waals surface area (Å²) in [5, 5.41) is 2.95. The quantitative estimate of drug-likeness (QED) is 0.657. The lowest BCUT2D eigenvalue weighted by atomic mass is 9.88. The maximum atomic E-state index is 12.6. The van der Waals surface area contributed by atoms with Crippen LogP contribution in [0.2, 0.25) is 0 Å². The van der Waals surface area contributed by atoms with Crippen LogP contribution in [-0.4, -0.2) is 55.2 Å². The minimum absolute atomic E-state index is 0.0231. The van der Waals surface area contributed by atoms with E-state index in [4.69, 9.17) is 9.47 Å². The van der Waals surface area contributed by atoms with E-state index in [9.17, 15) is 9.59 Å². The van der Waals surface area contributed by atoms with Crippen LogP contribution in [0.5, 0.6) is 5.75 Å². The zero-order valence-electron chi connectivity index (χ0n) is 19.2. The average molecular weight is 449 g/mol. The molecule has 0 saturated carbocycles. The number of piperidine rings is 1. The minimum atomic E-state index is -0.155. The second-order valence-electron chi connectivity index (χ2n) is 8.86. The summed E-state index contributed by atoms with van der Waals surface area (Å²) in [6.45, 7) is 1.97. The summed E-state index contributed by atoms with van der Waals surface area (Å²) in [7, 11) is 1.63. The minimum Gasteiger partial charge on any atom is -0.497 e. The van der Waals surface area contributed by atoms with Gasteiger partial charge in [0.05, 0.1) is 25.2 Å². The number of carbonyl (C=O) groups is 2. The van der Waals surface area contributed by atoms with E-state index < -0.39 is 0 Å². The van der Waals surface area contributed by atoms with Crippen LogP contribution in [0.15, 0.2) is 60.7 Å². The van der Waals surface area contributed by atoms with Crippen molar-refractivity contribution >= 4 is 17.9 Å². The predicted octanol–water partition coefficient (Wildman–Crippen LogP) is 3.61. The van der Waals surface area contributed by atoms with E-state index in [1.165, 1.54) is 0 Å². The third-order valence-corrected chi connectivity index (χ3v) is 6.61. The Bertz CT molecular complexity index is 963. The summed E-state index contributed by atoms with van der Waals surface area (Å²) in [4.78, 5) is 26.8. The average Bonchev–Trinajstić information content (AvgIpc) is 3.25. The number of rotatable bonds is 7. The zero-order chi connectivity index (χ0) is 23.1. The summed E-state index contributed by atoms with van der Waals surface area (Å²) in [6.07, 6.45) is 7.43. The maximum Gasteiger partial charge on any atom is 0.244 e. The van der Waals surface area contributed by atoms with E-state index in [2.05, 4.69) is 5.32 Å². The van der Waals surface area contributed by atoms with Crippen molar-refractivity contribution in [3.63, 3.8) is 0 Å². The molecule has 6 nitrogen and oxygen atoms in total. The first kappa shape index (κ1) is 23.1. The van der Waals surface area contributed by atoms with Gasteiger partial charge in [-0.05, 0) is 55.0 Å². The Morgan fingerprint density at radius 1 is 1.09 bits per heavy atom. The normalized spacial score (nSPS) is 19.7. The van der Waals surface area contributed by atoms with Gasteiger partial charge in [-0.2, -0.15) is 0 Å². The molecule has 6 heteroatoms.